The minimum atomic E-state index is -0.317. The predicted octanol–water partition coefficient (Wildman–Crippen LogP) is 5.48. The van der Waals surface area contributed by atoms with E-state index in [0.717, 1.165) is 20.8 Å². The van der Waals surface area contributed by atoms with E-state index in [0.29, 0.717) is 23.8 Å². The summed E-state index contributed by atoms with van der Waals surface area (Å²) in [5, 5.41) is 0.790. The van der Waals surface area contributed by atoms with Crippen LogP contribution in [-0.2, 0) is 4.74 Å². The highest BCUT2D eigenvalue weighted by Gasteiger charge is 2.18. The molecule has 0 aliphatic heterocycles. The van der Waals surface area contributed by atoms with Gasteiger partial charge in [-0.3, -0.25) is 0 Å². The number of hydrogen-bond donors (Lipinski definition) is 0. The normalized spacial score (nSPS) is 11.4. The molecule has 24 heavy (non-hydrogen) atoms. The van der Waals surface area contributed by atoms with Gasteiger partial charge in [0.1, 0.15) is 15.6 Å². The summed E-state index contributed by atoms with van der Waals surface area (Å²) in [6, 6.07) is 5.84. The molecule has 1 aromatic heterocycles. The van der Waals surface area contributed by atoms with Crippen LogP contribution in [0.25, 0.3) is 10.6 Å². The summed E-state index contributed by atoms with van der Waals surface area (Å²) in [5.41, 5.74) is 1.73. The Balaban J connectivity index is 2.23. The molecule has 0 radical (unpaired) electrons. The molecule has 0 unspecified atom stereocenters. The minimum absolute atomic E-state index is 0.0963. The third-order valence-electron chi connectivity index (χ3n) is 3.10. The molecule has 2 aromatic rings. The van der Waals surface area contributed by atoms with Gasteiger partial charge in [-0.1, -0.05) is 20.8 Å². The number of hydrogen-bond acceptors (Lipinski definition) is 5. The molecule has 0 fully saturated rings. The van der Waals surface area contributed by atoms with E-state index in [-0.39, 0.29) is 11.4 Å². The van der Waals surface area contributed by atoms with Crippen LogP contribution in [0.4, 0.5) is 0 Å². The second-order valence-corrected chi connectivity index (χ2v) is 8.50. The fourth-order valence-electron chi connectivity index (χ4n) is 1.95. The number of esters is 1. The lowest BCUT2D eigenvalue weighted by atomic mass is 9.99. The summed E-state index contributed by atoms with van der Waals surface area (Å²) >= 11 is 4.90. The van der Waals surface area contributed by atoms with Crippen molar-refractivity contribution in [2.24, 2.45) is 5.41 Å². The van der Waals surface area contributed by atoms with Crippen molar-refractivity contribution in [1.82, 2.24) is 4.98 Å². The highest BCUT2D eigenvalue weighted by atomic mass is 79.9. The first-order chi connectivity index (χ1) is 11.2. The first-order valence-corrected chi connectivity index (χ1v) is 9.39. The third-order valence-corrected chi connectivity index (χ3v) is 4.90. The van der Waals surface area contributed by atoms with Gasteiger partial charge in [-0.15, -0.1) is 11.3 Å². The van der Waals surface area contributed by atoms with Gasteiger partial charge in [0.2, 0.25) is 0 Å². The van der Waals surface area contributed by atoms with Crippen molar-refractivity contribution < 1.29 is 14.3 Å². The van der Waals surface area contributed by atoms with Crippen LogP contribution in [0.1, 0.15) is 43.1 Å². The molecule has 4 nitrogen and oxygen atoms in total. The molecular weight excluding hydrogens is 390 g/mol. The number of carbonyl (C=O) groups excluding carboxylic acids is 1. The summed E-state index contributed by atoms with van der Waals surface area (Å²) in [4.78, 5) is 17.0. The number of thiazole rings is 1. The van der Waals surface area contributed by atoms with Crippen molar-refractivity contribution in [2.45, 2.75) is 34.6 Å². The Labute approximate surface area is 155 Å². The summed E-state index contributed by atoms with van der Waals surface area (Å²) < 4.78 is 11.8. The van der Waals surface area contributed by atoms with Crippen LogP contribution in [0.15, 0.2) is 22.7 Å². The van der Waals surface area contributed by atoms with E-state index in [9.17, 15) is 4.79 Å². The number of aryl methyl sites for hydroxylation is 1. The van der Waals surface area contributed by atoms with Crippen molar-refractivity contribution >= 4 is 33.2 Å². The summed E-state index contributed by atoms with van der Waals surface area (Å²) in [7, 11) is 0. The van der Waals surface area contributed by atoms with Crippen LogP contribution in [-0.4, -0.2) is 24.2 Å². The monoisotopic (exact) mass is 411 g/mol. The SMILES string of the molecule is CCOC(=O)c1sc(-c2ccc(OCC(C)(C)C)c(Br)c2)nc1C. The van der Waals surface area contributed by atoms with E-state index in [1.165, 1.54) is 11.3 Å². The molecule has 0 saturated carbocycles. The van der Waals surface area contributed by atoms with Crippen LogP contribution in [0, 0.1) is 12.3 Å². The highest BCUT2D eigenvalue weighted by molar-refractivity contribution is 9.10. The van der Waals surface area contributed by atoms with Crippen LogP contribution in [0.2, 0.25) is 0 Å². The number of nitrogens with zero attached hydrogens (tertiary/aromatic N) is 1. The van der Waals surface area contributed by atoms with Crippen LogP contribution >= 0.6 is 27.3 Å². The lowest BCUT2D eigenvalue weighted by Gasteiger charge is -2.19. The molecule has 0 aliphatic rings. The van der Waals surface area contributed by atoms with Gasteiger partial charge in [0.05, 0.1) is 23.4 Å². The van der Waals surface area contributed by atoms with Gasteiger partial charge >= 0.3 is 5.97 Å². The number of rotatable bonds is 5. The molecule has 0 atom stereocenters. The number of benzene rings is 1. The second kappa shape index (κ2) is 7.66. The van der Waals surface area contributed by atoms with Crippen molar-refractivity contribution in [1.29, 1.82) is 0 Å². The van der Waals surface area contributed by atoms with Crippen molar-refractivity contribution in [3.63, 3.8) is 0 Å². The second-order valence-electron chi connectivity index (χ2n) is 6.65. The summed E-state index contributed by atoms with van der Waals surface area (Å²) in [5.74, 6) is 0.482. The molecule has 0 bridgehead atoms. The number of carbonyl (C=O) groups is 1. The van der Waals surface area contributed by atoms with Gasteiger partial charge < -0.3 is 9.47 Å². The maximum atomic E-state index is 11.9. The molecule has 6 heteroatoms. The smallest absolute Gasteiger partial charge is 0.350 e. The van der Waals surface area contributed by atoms with Gasteiger partial charge in [-0.2, -0.15) is 0 Å². The third kappa shape index (κ3) is 4.80. The zero-order chi connectivity index (χ0) is 17.9. The van der Waals surface area contributed by atoms with Crippen LogP contribution in [0.3, 0.4) is 0 Å². The average Bonchev–Trinajstić information content (AvgIpc) is 2.87. The number of halogens is 1. The van der Waals surface area contributed by atoms with E-state index in [1.54, 1.807) is 6.92 Å². The Kier molecular flexibility index (Phi) is 6.04. The van der Waals surface area contributed by atoms with Crippen LogP contribution in [0.5, 0.6) is 5.75 Å². The molecule has 0 spiro atoms. The lowest BCUT2D eigenvalue weighted by Crippen LogP contribution is -2.17. The molecule has 2 rings (SSSR count). The van der Waals surface area contributed by atoms with E-state index in [4.69, 9.17) is 9.47 Å². The summed E-state index contributed by atoms with van der Waals surface area (Å²) in [6.45, 7) is 11.0. The molecule has 130 valence electrons. The Morgan fingerprint density at radius 1 is 1.33 bits per heavy atom. The standard InChI is InChI=1S/C18H22BrNO3S/c1-6-22-17(21)15-11(2)20-16(24-15)12-7-8-14(13(19)9-12)23-10-18(3,4)5/h7-9H,6,10H2,1-5H3. The Hall–Kier alpha value is -1.40. The molecule has 1 heterocycles. The summed E-state index contributed by atoms with van der Waals surface area (Å²) in [6.07, 6.45) is 0. The van der Waals surface area contributed by atoms with Gasteiger partial charge in [0.15, 0.2) is 0 Å². The fourth-order valence-corrected chi connectivity index (χ4v) is 3.40. The highest BCUT2D eigenvalue weighted by Crippen LogP contribution is 2.34. The van der Waals surface area contributed by atoms with Crippen molar-refractivity contribution in [2.75, 3.05) is 13.2 Å². The maximum Gasteiger partial charge on any atom is 0.350 e. The molecule has 0 saturated heterocycles. The average molecular weight is 412 g/mol. The molecule has 0 amide bonds. The quantitative estimate of drug-likeness (QED) is 0.610. The minimum Gasteiger partial charge on any atom is -0.492 e. The number of ether oxygens (including phenoxy) is 2. The van der Waals surface area contributed by atoms with Gasteiger partial charge in [0, 0.05) is 5.56 Å². The van der Waals surface area contributed by atoms with E-state index >= 15 is 0 Å². The largest absolute Gasteiger partial charge is 0.492 e. The molecular formula is C18H22BrNO3S. The van der Waals surface area contributed by atoms with Crippen LogP contribution < -0.4 is 4.74 Å². The predicted molar refractivity (Wildman–Crippen MR) is 101 cm³/mol. The molecule has 0 aliphatic carbocycles. The van der Waals surface area contributed by atoms with Gasteiger partial charge in [-0.05, 0) is 53.4 Å². The molecule has 0 N–H and O–H groups in total. The van der Waals surface area contributed by atoms with Gasteiger partial charge in [0.25, 0.3) is 0 Å². The zero-order valence-electron chi connectivity index (χ0n) is 14.6. The fraction of sp³-hybridized carbons (Fsp3) is 0.444. The first kappa shape index (κ1) is 18.9. The first-order valence-electron chi connectivity index (χ1n) is 7.78. The van der Waals surface area contributed by atoms with E-state index < -0.39 is 0 Å². The zero-order valence-corrected chi connectivity index (χ0v) is 17.0. The maximum absolute atomic E-state index is 11.9. The number of aromatic nitrogens is 1. The van der Waals surface area contributed by atoms with E-state index in [1.807, 2.05) is 25.1 Å². The Morgan fingerprint density at radius 2 is 2.04 bits per heavy atom. The Bertz CT molecular complexity index is 734. The Morgan fingerprint density at radius 3 is 2.62 bits per heavy atom. The van der Waals surface area contributed by atoms with E-state index in [2.05, 4.69) is 41.7 Å². The topological polar surface area (TPSA) is 48.4 Å². The van der Waals surface area contributed by atoms with Gasteiger partial charge in [-0.25, -0.2) is 9.78 Å². The lowest BCUT2D eigenvalue weighted by molar-refractivity contribution is 0.0531. The van der Waals surface area contributed by atoms with Crippen molar-refractivity contribution in [3.8, 4) is 16.3 Å². The molecule has 1 aromatic carbocycles. The van der Waals surface area contributed by atoms with Crippen molar-refractivity contribution in [3.05, 3.63) is 33.2 Å².